The summed E-state index contributed by atoms with van der Waals surface area (Å²) in [6.45, 7) is 0. The first kappa shape index (κ1) is 10.1. The molecule has 78 valence electrons. The van der Waals surface area contributed by atoms with E-state index in [4.69, 9.17) is 16.1 Å². The Bertz CT molecular complexity index is 484. The van der Waals surface area contributed by atoms with Gasteiger partial charge < -0.3 is 4.52 Å². The number of halogens is 3. The normalized spacial score (nSPS) is 10.6. The van der Waals surface area contributed by atoms with E-state index in [0.717, 1.165) is 12.1 Å². The highest BCUT2D eigenvalue weighted by Crippen LogP contribution is 2.21. The standard InChI is InChI=1S/C10H6ClF2NO/c11-5-7-4-10(14-15-7)6-1-2-8(12)9(13)3-6/h1-4H,5H2. The number of rotatable bonds is 2. The van der Waals surface area contributed by atoms with Gasteiger partial charge >= 0.3 is 0 Å². The molecule has 0 unspecified atom stereocenters. The Kier molecular flexibility index (Phi) is 2.68. The Balaban J connectivity index is 2.40. The molecule has 0 atom stereocenters. The molecule has 0 spiro atoms. The van der Waals surface area contributed by atoms with Crippen LogP contribution < -0.4 is 0 Å². The van der Waals surface area contributed by atoms with Crippen molar-refractivity contribution >= 4 is 11.6 Å². The zero-order valence-electron chi connectivity index (χ0n) is 7.51. The van der Waals surface area contributed by atoms with Crippen molar-refractivity contribution in [2.75, 3.05) is 0 Å². The summed E-state index contributed by atoms with van der Waals surface area (Å²) in [7, 11) is 0. The molecule has 5 heteroatoms. The average molecular weight is 230 g/mol. The summed E-state index contributed by atoms with van der Waals surface area (Å²) in [5, 5.41) is 3.68. The van der Waals surface area contributed by atoms with E-state index in [1.165, 1.54) is 6.07 Å². The van der Waals surface area contributed by atoms with Crippen LogP contribution in [0.2, 0.25) is 0 Å². The number of alkyl halides is 1. The van der Waals surface area contributed by atoms with Gasteiger partial charge in [-0.3, -0.25) is 0 Å². The molecule has 2 nitrogen and oxygen atoms in total. The third-order valence-electron chi connectivity index (χ3n) is 1.91. The lowest BCUT2D eigenvalue weighted by Gasteiger charge is -1.96. The topological polar surface area (TPSA) is 26.0 Å². The first-order chi connectivity index (χ1) is 7.20. The molecule has 0 saturated heterocycles. The maximum atomic E-state index is 12.9. The molecule has 0 saturated carbocycles. The summed E-state index contributed by atoms with van der Waals surface area (Å²) in [6.07, 6.45) is 0. The lowest BCUT2D eigenvalue weighted by Crippen LogP contribution is -1.84. The SMILES string of the molecule is Fc1ccc(-c2cc(CCl)on2)cc1F. The molecule has 1 aromatic carbocycles. The highest BCUT2D eigenvalue weighted by molar-refractivity contribution is 6.16. The second kappa shape index (κ2) is 3.98. The van der Waals surface area contributed by atoms with Crippen molar-refractivity contribution < 1.29 is 13.3 Å². The Morgan fingerprint density at radius 3 is 2.60 bits per heavy atom. The smallest absolute Gasteiger partial charge is 0.159 e. The van der Waals surface area contributed by atoms with E-state index < -0.39 is 11.6 Å². The van der Waals surface area contributed by atoms with Gasteiger partial charge in [0.2, 0.25) is 0 Å². The van der Waals surface area contributed by atoms with Gasteiger partial charge in [0.1, 0.15) is 5.69 Å². The third kappa shape index (κ3) is 1.99. The van der Waals surface area contributed by atoms with Crippen molar-refractivity contribution in [3.05, 3.63) is 41.7 Å². The summed E-state index contributed by atoms with van der Waals surface area (Å²) in [4.78, 5) is 0. The second-order valence-electron chi connectivity index (χ2n) is 2.94. The molecule has 2 rings (SSSR count). The van der Waals surface area contributed by atoms with Crippen molar-refractivity contribution in [1.29, 1.82) is 0 Å². The number of nitrogens with zero attached hydrogens (tertiary/aromatic N) is 1. The van der Waals surface area contributed by atoms with E-state index in [2.05, 4.69) is 5.16 Å². The predicted octanol–water partition coefficient (Wildman–Crippen LogP) is 3.36. The Labute approximate surface area is 89.5 Å². The summed E-state index contributed by atoms with van der Waals surface area (Å²) in [5.41, 5.74) is 0.888. The van der Waals surface area contributed by atoms with Gasteiger partial charge in [0, 0.05) is 11.6 Å². The third-order valence-corrected chi connectivity index (χ3v) is 2.17. The summed E-state index contributed by atoms with van der Waals surface area (Å²) >= 11 is 5.52. The number of aromatic nitrogens is 1. The minimum Gasteiger partial charge on any atom is -0.359 e. The number of hydrogen-bond acceptors (Lipinski definition) is 2. The van der Waals surface area contributed by atoms with E-state index in [9.17, 15) is 8.78 Å². The van der Waals surface area contributed by atoms with Crippen molar-refractivity contribution in [2.45, 2.75) is 5.88 Å². The minimum atomic E-state index is -0.914. The molecule has 0 fully saturated rings. The molecule has 0 amide bonds. The molecule has 0 aliphatic carbocycles. The number of hydrogen-bond donors (Lipinski definition) is 0. The van der Waals surface area contributed by atoms with Gasteiger partial charge in [-0.05, 0) is 18.2 Å². The highest BCUT2D eigenvalue weighted by Gasteiger charge is 2.08. The Morgan fingerprint density at radius 1 is 1.20 bits per heavy atom. The first-order valence-electron chi connectivity index (χ1n) is 4.17. The first-order valence-corrected chi connectivity index (χ1v) is 4.71. The molecule has 1 heterocycles. The summed E-state index contributed by atoms with van der Waals surface area (Å²) in [5.74, 6) is -1.13. The lowest BCUT2D eigenvalue weighted by atomic mass is 10.1. The highest BCUT2D eigenvalue weighted by atomic mass is 35.5. The maximum absolute atomic E-state index is 12.9. The molecule has 0 aliphatic rings. The van der Waals surface area contributed by atoms with Crippen molar-refractivity contribution in [2.24, 2.45) is 0 Å². The lowest BCUT2D eigenvalue weighted by molar-refractivity contribution is 0.396. The van der Waals surface area contributed by atoms with Gasteiger partial charge in [0.05, 0.1) is 5.88 Å². The van der Waals surface area contributed by atoms with Crippen LogP contribution in [0.1, 0.15) is 5.76 Å². The maximum Gasteiger partial charge on any atom is 0.159 e. The van der Waals surface area contributed by atoms with Crippen LogP contribution in [-0.2, 0) is 5.88 Å². The van der Waals surface area contributed by atoms with Gasteiger partial charge in [-0.25, -0.2) is 8.78 Å². The predicted molar refractivity (Wildman–Crippen MR) is 51.4 cm³/mol. The largest absolute Gasteiger partial charge is 0.359 e. The fourth-order valence-corrected chi connectivity index (χ4v) is 1.29. The van der Waals surface area contributed by atoms with Crippen molar-refractivity contribution in [1.82, 2.24) is 5.16 Å². The zero-order chi connectivity index (χ0) is 10.8. The fraction of sp³-hybridized carbons (Fsp3) is 0.100. The molecule has 2 aromatic rings. The van der Waals surface area contributed by atoms with Crippen LogP contribution in [0, 0.1) is 11.6 Å². The van der Waals surface area contributed by atoms with E-state index in [1.54, 1.807) is 6.07 Å². The Morgan fingerprint density at radius 2 is 2.00 bits per heavy atom. The molecule has 15 heavy (non-hydrogen) atoms. The van der Waals surface area contributed by atoms with Crippen molar-refractivity contribution in [3.8, 4) is 11.3 Å². The van der Waals surface area contributed by atoms with Crippen LogP contribution in [0.25, 0.3) is 11.3 Å². The molecule has 0 aliphatic heterocycles. The quantitative estimate of drug-likeness (QED) is 0.738. The van der Waals surface area contributed by atoms with Gasteiger partial charge in [-0.15, -0.1) is 11.6 Å². The van der Waals surface area contributed by atoms with E-state index in [-0.39, 0.29) is 5.88 Å². The van der Waals surface area contributed by atoms with Gasteiger partial charge in [-0.2, -0.15) is 0 Å². The minimum absolute atomic E-state index is 0.191. The molecular formula is C10H6ClF2NO. The van der Waals surface area contributed by atoms with Crippen LogP contribution in [0.15, 0.2) is 28.8 Å². The second-order valence-corrected chi connectivity index (χ2v) is 3.21. The monoisotopic (exact) mass is 229 g/mol. The molecule has 0 radical (unpaired) electrons. The summed E-state index contributed by atoms with van der Waals surface area (Å²) in [6, 6.07) is 5.11. The molecule has 1 aromatic heterocycles. The van der Waals surface area contributed by atoms with Gasteiger partial charge in [0.25, 0.3) is 0 Å². The van der Waals surface area contributed by atoms with E-state index >= 15 is 0 Å². The van der Waals surface area contributed by atoms with Crippen LogP contribution in [-0.4, -0.2) is 5.16 Å². The van der Waals surface area contributed by atoms with Crippen LogP contribution in [0.4, 0.5) is 8.78 Å². The summed E-state index contributed by atoms with van der Waals surface area (Å²) < 4.78 is 30.4. The average Bonchev–Trinajstić information content (AvgIpc) is 2.70. The molecule has 0 bridgehead atoms. The number of benzene rings is 1. The van der Waals surface area contributed by atoms with Crippen molar-refractivity contribution in [3.63, 3.8) is 0 Å². The van der Waals surface area contributed by atoms with Crippen LogP contribution in [0.3, 0.4) is 0 Å². The van der Waals surface area contributed by atoms with E-state index in [1.807, 2.05) is 0 Å². The van der Waals surface area contributed by atoms with Crippen LogP contribution >= 0.6 is 11.6 Å². The van der Waals surface area contributed by atoms with Gasteiger partial charge in [-0.1, -0.05) is 5.16 Å². The Hall–Kier alpha value is -1.42. The van der Waals surface area contributed by atoms with Gasteiger partial charge in [0.15, 0.2) is 17.4 Å². The fourth-order valence-electron chi connectivity index (χ4n) is 1.17. The van der Waals surface area contributed by atoms with Crippen LogP contribution in [0.5, 0.6) is 0 Å². The zero-order valence-corrected chi connectivity index (χ0v) is 8.26. The molecule has 0 N–H and O–H groups in total. The van der Waals surface area contributed by atoms with E-state index in [0.29, 0.717) is 17.0 Å². The molecular weight excluding hydrogens is 224 g/mol.